The van der Waals surface area contributed by atoms with Gasteiger partial charge in [-0.2, -0.15) is 13.2 Å². The number of halogens is 3. The fourth-order valence-electron chi connectivity index (χ4n) is 3.46. The van der Waals surface area contributed by atoms with Gasteiger partial charge in [0.15, 0.2) is 0 Å². The van der Waals surface area contributed by atoms with Crippen molar-refractivity contribution in [3.8, 4) is 5.75 Å². The highest BCUT2D eigenvalue weighted by molar-refractivity contribution is 5.93. The van der Waals surface area contributed by atoms with E-state index < -0.39 is 29.4 Å². The monoisotopic (exact) mass is 601 g/mol. The van der Waals surface area contributed by atoms with Crippen molar-refractivity contribution in [3.63, 3.8) is 0 Å². The van der Waals surface area contributed by atoms with Crippen LogP contribution >= 0.6 is 0 Å². The SMILES string of the molecule is CC/C=C\C/C=C\C/C=C\C/C=C\C/C=C\C/C=C\CCC(=O)NCCOC(=O)c1ccc(C(F)(F)F)cc1OC(C)=O. The maximum absolute atomic E-state index is 12.9. The Balaban J connectivity index is 2.19. The van der Waals surface area contributed by atoms with Gasteiger partial charge in [0.05, 0.1) is 12.1 Å². The van der Waals surface area contributed by atoms with Crippen molar-refractivity contribution in [1.82, 2.24) is 5.32 Å². The normalized spacial score (nSPS) is 12.5. The zero-order chi connectivity index (χ0) is 31.8. The van der Waals surface area contributed by atoms with Crippen molar-refractivity contribution in [1.29, 1.82) is 0 Å². The van der Waals surface area contributed by atoms with Crippen LogP contribution in [0.4, 0.5) is 13.2 Å². The lowest BCUT2D eigenvalue weighted by Gasteiger charge is -2.13. The highest BCUT2D eigenvalue weighted by atomic mass is 19.4. The molecule has 0 fully saturated rings. The van der Waals surface area contributed by atoms with Crippen LogP contribution in [0, 0.1) is 0 Å². The molecule has 6 nitrogen and oxygen atoms in total. The summed E-state index contributed by atoms with van der Waals surface area (Å²) in [4.78, 5) is 35.5. The van der Waals surface area contributed by atoms with Crippen molar-refractivity contribution < 1.29 is 37.0 Å². The number of nitrogens with one attached hydrogen (secondary N) is 1. The quantitative estimate of drug-likeness (QED) is 0.0746. The summed E-state index contributed by atoms with van der Waals surface area (Å²) in [5, 5.41) is 2.61. The smallest absolute Gasteiger partial charge is 0.416 e. The van der Waals surface area contributed by atoms with E-state index in [4.69, 9.17) is 9.47 Å². The van der Waals surface area contributed by atoms with Crippen LogP contribution in [-0.4, -0.2) is 31.0 Å². The van der Waals surface area contributed by atoms with Crippen LogP contribution in [0.25, 0.3) is 0 Å². The van der Waals surface area contributed by atoms with E-state index >= 15 is 0 Å². The highest BCUT2D eigenvalue weighted by Crippen LogP contribution is 2.33. The van der Waals surface area contributed by atoms with Gasteiger partial charge in [-0.25, -0.2) is 4.79 Å². The minimum Gasteiger partial charge on any atom is -0.460 e. The molecule has 9 heteroatoms. The first-order chi connectivity index (χ1) is 20.6. The number of rotatable bonds is 19. The van der Waals surface area contributed by atoms with Gasteiger partial charge >= 0.3 is 18.1 Å². The largest absolute Gasteiger partial charge is 0.460 e. The zero-order valence-electron chi connectivity index (χ0n) is 24.9. The Morgan fingerprint density at radius 1 is 0.791 bits per heavy atom. The second kappa shape index (κ2) is 22.5. The molecule has 234 valence electrons. The van der Waals surface area contributed by atoms with Gasteiger partial charge in [0.2, 0.25) is 5.91 Å². The van der Waals surface area contributed by atoms with E-state index in [-0.39, 0.29) is 31.0 Å². The van der Waals surface area contributed by atoms with Crippen LogP contribution in [0.3, 0.4) is 0 Å². The Morgan fingerprint density at radius 3 is 1.79 bits per heavy atom. The number of benzene rings is 1. The minimum absolute atomic E-state index is 0.0257. The number of carbonyl (C=O) groups excluding carboxylic acids is 3. The Bertz CT molecular complexity index is 1180. The number of alkyl halides is 3. The predicted molar refractivity (Wildman–Crippen MR) is 163 cm³/mol. The van der Waals surface area contributed by atoms with Gasteiger partial charge < -0.3 is 14.8 Å². The molecule has 0 atom stereocenters. The third-order valence-corrected chi connectivity index (χ3v) is 5.57. The summed E-state index contributed by atoms with van der Waals surface area (Å²) in [6.07, 6.45) is 27.0. The first-order valence-corrected chi connectivity index (χ1v) is 14.4. The third-order valence-electron chi connectivity index (χ3n) is 5.57. The maximum atomic E-state index is 12.9. The highest BCUT2D eigenvalue weighted by Gasteiger charge is 2.32. The number of carbonyl (C=O) groups is 3. The molecular formula is C34H42F3NO5. The Hall–Kier alpha value is -4.14. The number of ether oxygens (including phenoxy) is 2. The van der Waals surface area contributed by atoms with Crippen molar-refractivity contribution in [3.05, 3.63) is 102 Å². The molecule has 1 aromatic carbocycles. The molecule has 0 radical (unpaired) electrons. The zero-order valence-corrected chi connectivity index (χ0v) is 24.9. The predicted octanol–water partition coefficient (Wildman–Crippen LogP) is 8.38. The molecule has 0 saturated carbocycles. The van der Waals surface area contributed by atoms with Crippen LogP contribution in [-0.2, 0) is 20.5 Å². The van der Waals surface area contributed by atoms with E-state index in [9.17, 15) is 27.6 Å². The molecule has 0 aromatic heterocycles. The Morgan fingerprint density at radius 2 is 1.30 bits per heavy atom. The summed E-state index contributed by atoms with van der Waals surface area (Å²) in [5.41, 5.74) is -1.40. The first-order valence-electron chi connectivity index (χ1n) is 14.4. The maximum Gasteiger partial charge on any atom is 0.416 e. The summed E-state index contributed by atoms with van der Waals surface area (Å²) in [6.45, 7) is 2.95. The number of allylic oxidation sites excluding steroid dienone is 12. The molecule has 0 saturated heterocycles. The van der Waals surface area contributed by atoms with Gasteiger partial charge in [0.25, 0.3) is 0 Å². The summed E-state index contributed by atoms with van der Waals surface area (Å²) >= 11 is 0. The number of hydrogen-bond acceptors (Lipinski definition) is 5. The minimum atomic E-state index is -4.67. The third kappa shape index (κ3) is 18.8. The lowest BCUT2D eigenvalue weighted by Crippen LogP contribution is -2.27. The Kier molecular flexibility index (Phi) is 19.3. The molecule has 1 aromatic rings. The molecule has 0 spiro atoms. The lowest BCUT2D eigenvalue weighted by molar-refractivity contribution is -0.138. The summed E-state index contributed by atoms with van der Waals surface area (Å²) < 4.78 is 48.6. The van der Waals surface area contributed by atoms with Gasteiger partial charge in [0, 0.05) is 13.3 Å². The average Bonchev–Trinajstić information content (AvgIpc) is 2.95. The van der Waals surface area contributed by atoms with E-state index in [2.05, 4.69) is 73.0 Å². The molecule has 43 heavy (non-hydrogen) atoms. The molecule has 0 aliphatic carbocycles. The molecule has 0 aliphatic rings. The standard InChI is InChI=1S/C34H42F3NO5/c1-3-4-5-6-7-8-9-10-11-12-13-14-15-16-17-18-19-20-21-22-32(40)38-25-26-42-33(41)30-24-23-29(34(35,36)37)27-31(30)43-28(2)39/h4-5,7-8,10-11,13-14,16-17,19-20,23-24,27H,3,6,9,12,15,18,21-22,25-26H2,1-2H3,(H,38,40)/b5-4-,8-7-,11-10-,14-13-,17-16-,20-19-. The van der Waals surface area contributed by atoms with E-state index in [1.165, 1.54) is 0 Å². The summed E-state index contributed by atoms with van der Waals surface area (Å²) in [7, 11) is 0. The molecule has 0 bridgehead atoms. The van der Waals surface area contributed by atoms with Gasteiger partial charge in [-0.15, -0.1) is 0 Å². The van der Waals surface area contributed by atoms with Crippen molar-refractivity contribution in [2.24, 2.45) is 0 Å². The number of esters is 2. The number of hydrogen-bond donors (Lipinski definition) is 1. The van der Waals surface area contributed by atoms with Gasteiger partial charge in [-0.05, 0) is 63.1 Å². The molecule has 0 unspecified atom stereocenters. The van der Waals surface area contributed by atoms with Gasteiger partial charge in [-0.3, -0.25) is 9.59 Å². The van der Waals surface area contributed by atoms with Crippen molar-refractivity contribution in [2.45, 2.75) is 71.4 Å². The summed E-state index contributed by atoms with van der Waals surface area (Å²) in [5.74, 6) is -2.64. The van der Waals surface area contributed by atoms with Crippen LogP contribution in [0.5, 0.6) is 5.75 Å². The molecule has 1 rings (SSSR count). The van der Waals surface area contributed by atoms with E-state index in [1.54, 1.807) is 0 Å². The Labute approximate surface area is 252 Å². The second-order valence-corrected chi connectivity index (χ2v) is 9.24. The van der Waals surface area contributed by atoms with Gasteiger partial charge in [-0.1, -0.05) is 79.8 Å². The van der Waals surface area contributed by atoms with Crippen LogP contribution in [0.1, 0.15) is 81.1 Å². The fourth-order valence-corrected chi connectivity index (χ4v) is 3.46. The van der Waals surface area contributed by atoms with Gasteiger partial charge in [0.1, 0.15) is 17.9 Å². The fraction of sp³-hybridized carbons (Fsp3) is 0.382. The van der Waals surface area contributed by atoms with Crippen molar-refractivity contribution in [2.75, 3.05) is 13.2 Å². The van der Waals surface area contributed by atoms with Crippen LogP contribution in [0.15, 0.2) is 91.1 Å². The molecular weight excluding hydrogens is 559 g/mol. The van der Waals surface area contributed by atoms with Crippen molar-refractivity contribution >= 4 is 17.8 Å². The molecule has 0 aliphatic heterocycles. The lowest BCUT2D eigenvalue weighted by atomic mass is 10.1. The molecule has 0 heterocycles. The van der Waals surface area contributed by atoms with E-state index in [0.717, 1.165) is 51.5 Å². The van der Waals surface area contributed by atoms with Crippen LogP contribution in [0.2, 0.25) is 0 Å². The first kappa shape index (κ1) is 36.9. The van der Waals surface area contributed by atoms with E-state index in [1.807, 2.05) is 12.2 Å². The molecule has 1 amide bonds. The number of amides is 1. The second-order valence-electron chi connectivity index (χ2n) is 9.24. The van der Waals surface area contributed by atoms with E-state index in [0.29, 0.717) is 18.6 Å². The topological polar surface area (TPSA) is 81.7 Å². The molecule has 1 N–H and O–H groups in total. The van der Waals surface area contributed by atoms with Crippen LogP contribution < -0.4 is 10.1 Å². The summed E-state index contributed by atoms with van der Waals surface area (Å²) in [6, 6.07) is 2.14. The average molecular weight is 602 g/mol.